The summed E-state index contributed by atoms with van der Waals surface area (Å²) in [6, 6.07) is 6.05. The number of aliphatic hydroxyl groups is 1. The van der Waals surface area contributed by atoms with Crippen molar-refractivity contribution < 1.29 is 18.3 Å². The Morgan fingerprint density at radius 1 is 1.46 bits per heavy atom. The molecule has 6 nitrogen and oxygen atoms in total. The minimum Gasteiger partial charge on any atom is -0.396 e. The third kappa shape index (κ3) is 3.50. The molecule has 0 amide bonds. The summed E-state index contributed by atoms with van der Waals surface area (Å²) >= 11 is 1.29. The average Bonchev–Trinajstić information content (AvgIpc) is 3.22. The number of thiazole rings is 1. The van der Waals surface area contributed by atoms with Gasteiger partial charge in [-0.05, 0) is 18.6 Å². The monoisotopic (exact) mass is 366 g/mol. The molecule has 1 fully saturated rings. The maximum absolute atomic E-state index is 12.6. The molecule has 1 atom stereocenters. The molecule has 1 aromatic carbocycles. The summed E-state index contributed by atoms with van der Waals surface area (Å²) in [4.78, 5) is 19.6. The number of sulfone groups is 1. The van der Waals surface area contributed by atoms with Crippen LogP contribution >= 0.6 is 11.3 Å². The Balaban J connectivity index is 1.82. The topological polar surface area (TPSA) is 87.6 Å². The maximum Gasteiger partial charge on any atom is 0.204 e. The highest BCUT2D eigenvalue weighted by atomic mass is 32.2. The maximum atomic E-state index is 12.6. The van der Waals surface area contributed by atoms with Crippen molar-refractivity contribution >= 4 is 32.1 Å². The largest absolute Gasteiger partial charge is 0.396 e. The number of hydrogen-bond acceptors (Lipinski definition) is 7. The lowest BCUT2D eigenvalue weighted by Crippen LogP contribution is -2.20. The molecule has 0 bridgehead atoms. The molecular weight excluding hydrogens is 348 g/mol. The van der Waals surface area contributed by atoms with Crippen LogP contribution in [0.2, 0.25) is 0 Å². The molecule has 128 valence electrons. The first-order chi connectivity index (χ1) is 11.4. The highest BCUT2D eigenvalue weighted by Crippen LogP contribution is 2.29. The van der Waals surface area contributed by atoms with E-state index < -0.39 is 9.84 Å². The lowest BCUT2D eigenvalue weighted by atomic mass is 10.1. The van der Waals surface area contributed by atoms with Crippen molar-refractivity contribution in [1.82, 2.24) is 4.98 Å². The zero-order chi connectivity index (χ0) is 17.3. The van der Waals surface area contributed by atoms with E-state index in [9.17, 15) is 18.3 Å². The fourth-order valence-corrected chi connectivity index (χ4v) is 4.26. The van der Waals surface area contributed by atoms with E-state index in [2.05, 4.69) is 9.88 Å². The summed E-state index contributed by atoms with van der Waals surface area (Å²) in [6.45, 7) is 1.71. The molecular formula is C16H18N2O4S2. The number of aromatic nitrogens is 1. The lowest BCUT2D eigenvalue weighted by Gasteiger charge is -2.13. The minimum atomic E-state index is -3.35. The van der Waals surface area contributed by atoms with Crippen molar-refractivity contribution in [2.75, 3.05) is 30.9 Å². The average molecular weight is 366 g/mol. The molecule has 0 unspecified atom stereocenters. The zero-order valence-electron chi connectivity index (χ0n) is 13.2. The number of hydrogen-bond donors (Lipinski definition) is 1. The fraction of sp³-hybridized carbons (Fsp3) is 0.375. The van der Waals surface area contributed by atoms with E-state index in [1.807, 2.05) is 0 Å². The van der Waals surface area contributed by atoms with Crippen LogP contribution in [0.25, 0.3) is 0 Å². The summed E-state index contributed by atoms with van der Waals surface area (Å²) in [5, 5.41) is 9.98. The number of nitrogens with zero attached hydrogens (tertiary/aromatic N) is 2. The van der Waals surface area contributed by atoms with Gasteiger partial charge in [0.25, 0.3) is 0 Å². The van der Waals surface area contributed by atoms with E-state index in [0.29, 0.717) is 10.4 Å². The first-order valence-corrected chi connectivity index (χ1v) is 10.3. The standard InChI is InChI=1S/C16H18N2O4S2/c1-24(21,22)13-4-2-3-12(7-13)15(20)14-8-17-16(23-14)18-6-5-11(9-18)10-19/h2-4,7-8,11,19H,5-6,9-10H2,1H3/t11-/m0/s1. The minimum absolute atomic E-state index is 0.128. The quantitative estimate of drug-likeness (QED) is 0.809. The highest BCUT2D eigenvalue weighted by molar-refractivity contribution is 7.90. The zero-order valence-corrected chi connectivity index (χ0v) is 14.8. The molecule has 1 aliphatic rings. The van der Waals surface area contributed by atoms with Gasteiger partial charge in [-0.15, -0.1) is 0 Å². The SMILES string of the molecule is CS(=O)(=O)c1cccc(C(=O)c2cnc(N3CC[C@H](CO)C3)s2)c1. The molecule has 2 heterocycles. The van der Waals surface area contributed by atoms with Gasteiger partial charge >= 0.3 is 0 Å². The van der Waals surface area contributed by atoms with Gasteiger partial charge in [0, 0.05) is 37.4 Å². The molecule has 8 heteroatoms. The summed E-state index contributed by atoms with van der Waals surface area (Å²) in [7, 11) is -3.35. The summed E-state index contributed by atoms with van der Waals surface area (Å²) < 4.78 is 23.3. The lowest BCUT2D eigenvalue weighted by molar-refractivity contribution is 0.104. The van der Waals surface area contributed by atoms with Crippen LogP contribution in [0, 0.1) is 5.92 Å². The van der Waals surface area contributed by atoms with Gasteiger partial charge in [0.15, 0.2) is 15.0 Å². The van der Waals surface area contributed by atoms with Gasteiger partial charge in [-0.3, -0.25) is 4.79 Å². The van der Waals surface area contributed by atoms with E-state index in [0.717, 1.165) is 30.9 Å². The van der Waals surface area contributed by atoms with Crippen LogP contribution in [0.15, 0.2) is 35.4 Å². The van der Waals surface area contributed by atoms with E-state index >= 15 is 0 Å². The molecule has 1 saturated heterocycles. The Labute approximate surface area is 144 Å². The van der Waals surface area contributed by atoms with E-state index in [4.69, 9.17) is 0 Å². The summed E-state index contributed by atoms with van der Waals surface area (Å²) in [5.41, 5.74) is 0.336. The van der Waals surface area contributed by atoms with Crippen molar-refractivity contribution in [3.63, 3.8) is 0 Å². The number of anilines is 1. The Kier molecular flexibility index (Phi) is 4.71. The van der Waals surface area contributed by atoms with E-state index in [1.165, 1.54) is 29.7 Å². The van der Waals surface area contributed by atoms with E-state index in [1.54, 1.807) is 12.1 Å². The number of ketones is 1. The number of aliphatic hydroxyl groups excluding tert-OH is 1. The Morgan fingerprint density at radius 3 is 2.92 bits per heavy atom. The van der Waals surface area contributed by atoms with Crippen LogP contribution in [-0.2, 0) is 9.84 Å². The molecule has 0 spiro atoms. The van der Waals surface area contributed by atoms with Crippen molar-refractivity contribution in [3.8, 4) is 0 Å². The Morgan fingerprint density at radius 2 is 2.25 bits per heavy atom. The molecule has 2 aromatic rings. The first-order valence-electron chi connectivity index (χ1n) is 7.55. The smallest absolute Gasteiger partial charge is 0.204 e. The van der Waals surface area contributed by atoms with E-state index in [-0.39, 0.29) is 23.2 Å². The van der Waals surface area contributed by atoms with Gasteiger partial charge in [-0.2, -0.15) is 0 Å². The van der Waals surface area contributed by atoms with Crippen LogP contribution < -0.4 is 4.90 Å². The second-order valence-electron chi connectivity index (χ2n) is 5.92. The third-order valence-corrected chi connectivity index (χ3v) is 6.22. The molecule has 0 radical (unpaired) electrons. The van der Waals surface area contributed by atoms with Crippen LogP contribution in [0.3, 0.4) is 0 Å². The van der Waals surface area contributed by atoms with Crippen LogP contribution in [-0.4, -0.2) is 50.2 Å². The normalized spacial score (nSPS) is 18.1. The van der Waals surface area contributed by atoms with Crippen molar-refractivity contribution in [3.05, 3.63) is 40.9 Å². The predicted octanol–water partition coefficient (Wildman–Crippen LogP) is 1.60. The molecule has 0 saturated carbocycles. The molecule has 24 heavy (non-hydrogen) atoms. The number of rotatable bonds is 5. The van der Waals surface area contributed by atoms with Gasteiger partial charge in [0.05, 0.1) is 16.0 Å². The molecule has 1 N–H and O–H groups in total. The fourth-order valence-electron chi connectivity index (χ4n) is 2.68. The number of carbonyl (C=O) groups is 1. The van der Waals surface area contributed by atoms with Crippen LogP contribution in [0.4, 0.5) is 5.13 Å². The van der Waals surface area contributed by atoms with Crippen molar-refractivity contribution in [2.45, 2.75) is 11.3 Å². The molecule has 3 rings (SSSR count). The van der Waals surface area contributed by atoms with Crippen molar-refractivity contribution in [1.29, 1.82) is 0 Å². The number of carbonyl (C=O) groups excluding carboxylic acids is 1. The van der Waals surface area contributed by atoms with Crippen LogP contribution in [0.1, 0.15) is 21.7 Å². The van der Waals surface area contributed by atoms with Gasteiger partial charge in [-0.1, -0.05) is 23.5 Å². The second kappa shape index (κ2) is 6.62. The third-order valence-electron chi connectivity index (χ3n) is 4.06. The van der Waals surface area contributed by atoms with Gasteiger partial charge in [-0.25, -0.2) is 13.4 Å². The molecule has 0 aliphatic carbocycles. The van der Waals surface area contributed by atoms with Gasteiger partial charge in [0.2, 0.25) is 5.78 Å². The van der Waals surface area contributed by atoms with Gasteiger partial charge < -0.3 is 10.0 Å². The van der Waals surface area contributed by atoms with Gasteiger partial charge in [0.1, 0.15) is 0 Å². The number of benzene rings is 1. The predicted molar refractivity (Wildman–Crippen MR) is 92.5 cm³/mol. The van der Waals surface area contributed by atoms with Crippen LogP contribution in [0.5, 0.6) is 0 Å². The molecule has 1 aromatic heterocycles. The van der Waals surface area contributed by atoms with Crippen molar-refractivity contribution in [2.24, 2.45) is 5.92 Å². The molecule has 1 aliphatic heterocycles. The Hall–Kier alpha value is -1.77. The first kappa shape index (κ1) is 17.1. The second-order valence-corrected chi connectivity index (χ2v) is 8.94. The summed E-state index contributed by atoms with van der Waals surface area (Å²) in [5.74, 6) is 0.0154. The Bertz CT molecular complexity index is 860. The summed E-state index contributed by atoms with van der Waals surface area (Å²) in [6.07, 6.45) is 3.56. The highest BCUT2D eigenvalue weighted by Gasteiger charge is 2.25.